The van der Waals surface area contributed by atoms with Crippen LogP contribution in [0.3, 0.4) is 0 Å². The maximum atomic E-state index is 13.7. The fourth-order valence-corrected chi connectivity index (χ4v) is 2.20. The minimum Gasteiger partial charge on any atom is -0.466 e. The lowest BCUT2D eigenvalue weighted by atomic mass is 10.1. The van der Waals surface area contributed by atoms with Crippen molar-refractivity contribution in [3.63, 3.8) is 0 Å². The van der Waals surface area contributed by atoms with Crippen molar-refractivity contribution in [2.75, 3.05) is 5.32 Å². The van der Waals surface area contributed by atoms with Crippen LogP contribution in [0.15, 0.2) is 28.7 Å². The van der Waals surface area contributed by atoms with Crippen molar-refractivity contribution in [2.24, 2.45) is 0 Å². The summed E-state index contributed by atoms with van der Waals surface area (Å²) in [5, 5.41) is 2.76. The lowest BCUT2D eigenvalue weighted by Crippen LogP contribution is -2.11. The Balaban J connectivity index is 2.28. The Morgan fingerprint density at radius 3 is 2.33 bits per heavy atom. The molecule has 0 fully saturated rings. The molecule has 114 valence electrons. The monoisotopic (exact) mass is 301 g/mol. The molecule has 0 aliphatic heterocycles. The normalized spacial score (nSPS) is 13.3. The highest BCUT2D eigenvalue weighted by atomic mass is 19.4. The minimum absolute atomic E-state index is 0.185. The van der Waals surface area contributed by atoms with E-state index in [-0.39, 0.29) is 11.7 Å². The molecule has 0 saturated carbocycles. The van der Waals surface area contributed by atoms with Crippen molar-refractivity contribution in [3.05, 3.63) is 52.7 Å². The highest BCUT2D eigenvalue weighted by molar-refractivity contribution is 5.50. The molecule has 0 saturated heterocycles. The summed E-state index contributed by atoms with van der Waals surface area (Å²) in [5.41, 5.74) is -0.293. The summed E-state index contributed by atoms with van der Waals surface area (Å²) in [6, 6.07) is 3.71. The summed E-state index contributed by atoms with van der Waals surface area (Å²) in [6.07, 6.45) is -4.50. The molecular formula is C15H15F4NO. The molecule has 21 heavy (non-hydrogen) atoms. The Hall–Kier alpha value is -1.98. The van der Waals surface area contributed by atoms with Gasteiger partial charge in [0.2, 0.25) is 0 Å². The molecule has 0 spiro atoms. The third kappa shape index (κ3) is 3.37. The van der Waals surface area contributed by atoms with Gasteiger partial charge in [-0.3, -0.25) is 0 Å². The van der Waals surface area contributed by atoms with E-state index in [0.29, 0.717) is 11.5 Å². The van der Waals surface area contributed by atoms with Crippen LogP contribution in [0, 0.1) is 19.7 Å². The largest absolute Gasteiger partial charge is 0.466 e. The Labute approximate surface area is 119 Å². The average Bonchev–Trinajstić information content (AvgIpc) is 2.70. The lowest BCUT2D eigenvalue weighted by molar-refractivity contribution is -0.137. The average molecular weight is 301 g/mol. The Morgan fingerprint density at radius 1 is 1.14 bits per heavy atom. The molecule has 1 N–H and O–H groups in total. The number of alkyl halides is 3. The van der Waals surface area contributed by atoms with E-state index < -0.39 is 17.6 Å². The van der Waals surface area contributed by atoms with Gasteiger partial charge >= 0.3 is 6.18 Å². The predicted octanol–water partition coefficient (Wildman–Crippen LogP) is 5.23. The van der Waals surface area contributed by atoms with E-state index >= 15 is 0 Å². The molecule has 0 aliphatic carbocycles. The van der Waals surface area contributed by atoms with Crippen LogP contribution in [0.25, 0.3) is 0 Å². The molecule has 2 nitrogen and oxygen atoms in total. The molecule has 2 aromatic rings. The molecule has 2 rings (SSSR count). The number of rotatable bonds is 3. The first kappa shape index (κ1) is 15.4. The van der Waals surface area contributed by atoms with Gasteiger partial charge in [0.05, 0.1) is 17.3 Å². The Morgan fingerprint density at radius 2 is 1.81 bits per heavy atom. The van der Waals surface area contributed by atoms with Gasteiger partial charge in [-0.05, 0) is 45.0 Å². The summed E-state index contributed by atoms with van der Waals surface area (Å²) in [5.74, 6) is 0.619. The van der Waals surface area contributed by atoms with E-state index in [1.807, 2.05) is 0 Å². The molecule has 0 radical (unpaired) electrons. The predicted molar refractivity (Wildman–Crippen MR) is 71.6 cm³/mol. The van der Waals surface area contributed by atoms with Crippen LogP contribution >= 0.6 is 0 Å². The van der Waals surface area contributed by atoms with E-state index in [4.69, 9.17) is 4.42 Å². The number of halogens is 4. The minimum atomic E-state index is -4.50. The molecule has 1 unspecified atom stereocenters. The Bertz CT molecular complexity index is 646. The highest BCUT2D eigenvalue weighted by Crippen LogP contribution is 2.33. The van der Waals surface area contributed by atoms with Crippen LogP contribution in [-0.2, 0) is 6.18 Å². The van der Waals surface area contributed by atoms with Crippen LogP contribution in [-0.4, -0.2) is 0 Å². The summed E-state index contributed by atoms with van der Waals surface area (Å²) >= 11 is 0. The molecular weight excluding hydrogens is 286 g/mol. The SMILES string of the molecule is Cc1cc(C(C)Nc2cc(C(F)(F)F)ccc2F)c(C)o1. The standard InChI is InChI=1S/C15H15F4NO/c1-8-6-12(10(3)21-8)9(2)20-14-7-11(15(17,18)19)4-5-13(14)16/h4-7,9,20H,1-3H3. The first-order valence-electron chi connectivity index (χ1n) is 6.38. The number of benzene rings is 1. The number of furan rings is 1. The van der Waals surface area contributed by atoms with Crippen LogP contribution in [0.5, 0.6) is 0 Å². The fraction of sp³-hybridized carbons (Fsp3) is 0.333. The zero-order valence-electron chi connectivity index (χ0n) is 11.8. The second-order valence-electron chi connectivity index (χ2n) is 4.93. The van der Waals surface area contributed by atoms with Gasteiger partial charge in [0.25, 0.3) is 0 Å². The second-order valence-corrected chi connectivity index (χ2v) is 4.93. The molecule has 1 atom stereocenters. The molecule has 0 aliphatic rings. The maximum absolute atomic E-state index is 13.7. The first-order valence-corrected chi connectivity index (χ1v) is 6.38. The van der Waals surface area contributed by atoms with Crippen molar-refractivity contribution in [1.82, 2.24) is 0 Å². The van der Waals surface area contributed by atoms with Gasteiger partial charge < -0.3 is 9.73 Å². The summed E-state index contributed by atoms with van der Waals surface area (Å²) in [6.45, 7) is 5.26. The molecule has 0 bridgehead atoms. The first-order chi connectivity index (χ1) is 9.68. The molecule has 6 heteroatoms. The van der Waals surface area contributed by atoms with Crippen LogP contribution in [0.1, 0.15) is 35.6 Å². The lowest BCUT2D eigenvalue weighted by Gasteiger charge is -2.17. The maximum Gasteiger partial charge on any atom is 0.416 e. The van der Waals surface area contributed by atoms with Crippen LogP contribution < -0.4 is 5.32 Å². The highest BCUT2D eigenvalue weighted by Gasteiger charge is 2.31. The second kappa shape index (κ2) is 5.42. The number of hydrogen-bond donors (Lipinski definition) is 1. The molecule has 0 amide bonds. The summed E-state index contributed by atoms with van der Waals surface area (Å²) in [4.78, 5) is 0. The van der Waals surface area contributed by atoms with Crippen molar-refractivity contribution in [2.45, 2.75) is 33.0 Å². The van der Waals surface area contributed by atoms with Crippen molar-refractivity contribution in [3.8, 4) is 0 Å². The number of hydrogen-bond acceptors (Lipinski definition) is 2. The van der Waals surface area contributed by atoms with Gasteiger partial charge in [-0.2, -0.15) is 13.2 Å². The van der Waals surface area contributed by atoms with Gasteiger partial charge in [-0.15, -0.1) is 0 Å². The van der Waals surface area contributed by atoms with Crippen LogP contribution in [0.4, 0.5) is 23.2 Å². The van der Waals surface area contributed by atoms with E-state index in [2.05, 4.69) is 5.32 Å². The topological polar surface area (TPSA) is 25.2 Å². The molecule has 1 heterocycles. The number of nitrogens with one attached hydrogen (secondary N) is 1. The van der Waals surface area contributed by atoms with E-state index in [1.165, 1.54) is 0 Å². The smallest absolute Gasteiger partial charge is 0.416 e. The zero-order chi connectivity index (χ0) is 15.8. The van der Waals surface area contributed by atoms with E-state index in [1.54, 1.807) is 26.8 Å². The van der Waals surface area contributed by atoms with Crippen LogP contribution in [0.2, 0.25) is 0 Å². The molecule has 1 aromatic heterocycles. The third-order valence-corrected chi connectivity index (χ3v) is 3.21. The molecule has 1 aromatic carbocycles. The van der Waals surface area contributed by atoms with Crippen molar-refractivity contribution in [1.29, 1.82) is 0 Å². The van der Waals surface area contributed by atoms with Gasteiger partial charge in [0, 0.05) is 5.56 Å². The number of anilines is 1. The fourth-order valence-electron chi connectivity index (χ4n) is 2.20. The van der Waals surface area contributed by atoms with Crippen molar-refractivity contribution < 1.29 is 22.0 Å². The Kier molecular flexibility index (Phi) is 3.98. The van der Waals surface area contributed by atoms with E-state index in [9.17, 15) is 17.6 Å². The summed E-state index contributed by atoms with van der Waals surface area (Å²) in [7, 11) is 0. The zero-order valence-corrected chi connectivity index (χ0v) is 11.8. The summed E-state index contributed by atoms with van der Waals surface area (Å²) < 4.78 is 57.0. The number of aryl methyl sites for hydroxylation is 2. The van der Waals surface area contributed by atoms with Gasteiger partial charge in [0.1, 0.15) is 17.3 Å². The third-order valence-electron chi connectivity index (χ3n) is 3.21. The van der Waals surface area contributed by atoms with Gasteiger partial charge in [0.15, 0.2) is 0 Å². The van der Waals surface area contributed by atoms with Gasteiger partial charge in [-0.1, -0.05) is 0 Å². The van der Waals surface area contributed by atoms with E-state index in [0.717, 1.165) is 23.8 Å². The quantitative estimate of drug-likeness (QED) is 0.785. The van der Waals surface area contributed by atoms with Gasteiger partial charge in [-0.25, -0.2) is 4.39 Å². The van der Waals surface area contributed by atoms with Crippen molar-refractivity contribution >= 4 is 5.69 Å².